The predicted molar refractivity (Wildman–Crippen MR) is 61.3 cm³/mol. The lowest BCUT2D eigenvalue weighted by Crippen LogP contribution is -2.44. The van der Waals surface area contributed by atoms with Crippen LogP contribution in [-0.2, 0) is 4.79 Å². The van der Waals surface area contributed by atoms with Crippen molar-refractivity contribution in [3.63, 3.8) is 0 Å². The van der Waals surface area contributed by atoms with E-state index in [1.165, 1.54) is 6.42 Å². The fourth-order valence-electron chi connectivity index (χ4n) is 2.69. The highest BCUT2D eigenvalue weighted by molar-refractivity contribution is 5.90. The molecule has 1 aliphatic heterocycles. The van der Waals surface area contributed by atoms with Gasteiger partial charge in [0.05, 0.1) is 0 Å². The molecule has 2 fully saturated rings. The van der Waals surface area contributed by atoms with Crippen LogP contribution in [0.15, 0.2) is 12.3 Å². The lowest BCUT2D eigenvalue weighted by Gasteiger charge is -2.29. The summed E-state index contributed by atoms with van der Waals surface area (Å²) in [5.41, 5.74) is -0.318. The summed E-state index contributed by atoms with van der Waals surface area (Å²) in [4.78, 5) is 14.0. The van der Waals surface area contributed by atoms with Gasteiger partial charge in [0.2, 0.25) is 0 Å². The Morgan fingerprint density at radius 2 is 2.24 bits per heavy atom. The number of likely N-dealkylation sites (tertiary alicyclic amines) is 1. The Morgan fingerprint density at radius 3 is 2.88 bits per heavy atom. The normalized spacial score (nSPS) is 32.5. The number of H-pyrrole nitrogens is 1. The molecule has 1 amide bonds. The van der Waals surface area contributed by atoms with Crippen molar-refractivity contribution in [1.29, 1.82) is 0 Å². The lowest BCUT2D eigenvalue weighted by molar-refractivity contribution is -0.143. The van der Waals surface area contributed by atoms with Crippen LogP contribution in [0.5, 0.6) is 0 Å². The zero-order valence-corrected chi connectivity index (χ0v) is 9.72. The molecule has 2 N–H and O–H groups in total. The minimum Gasteiger partial charge on any atom is -0.379 e. The molecule has 17 heavy (non-hydrogen) atoms. The van der Waals surface area contributed by atoms with E-state index in [0.29, 0.717) is 6.42 Å². The van der Waals surface area contributed by atoms with Gasteiger partial charge >= 0.3 is 0 Å². The molecule has 0 aromatic carbocycles. The molecule has 5 nitrogen and oxygen atoms in total. The van der Waals surface area contributed by atoms with Gasteiger partial charge in [-0.15, -0.1) is 0 Å². The summed E-state index contributed by atoms with van der Waals surface area (Å²) in [7, 11) is 0. The summed E-state index contributed by atoms with van der Waals surface area (Å²) in [6.07, 6.45) is 5.46. The zero-order valence-electron chi connectivity index (χ0n) is 9.72. The van der Waals surface area contributed by atoms with Crippen molar-refractivity contribution in [2.24, 2.45) is 0 Å². The van der Waals surface area contributed by atoms with Gasteiger partial charge in [-0.3, -0.25) is 9.89 Å². The Morgan fingerprint density at radius 1 is 1.47 bits per heavy atom. The number of carbonyl (C=O) groups excluding carboxylic acids is 1. The molecule has 2 unspecified atom stereocenters. The number of carbonyl (C=O) groups is 1. The van der Waals surface area contributed by atoms with Crippen LogP contribution in [0.4, 0.5) is 0 Å². The number of hydrogen-bond acceptors (Lipinski definition) is 3. The van der Waals surface area contributed by atoms with Crippen molar-refractivity contribution in [3.8, 4) is 0 Å². The van der Waals surface area contributed by atoms with Gasteiger partial charge in [0.1, 0.15) is 0 Å². The first-order chi connectivity index (χ1) is 8.22. The van der Waals surface area contributed by atoms with Crippen LogP contribution in [0, 0.1) is 0 Å². The Kier molecular flexibility index (Phi) is 2.43. The monoisotopic (exact) mass is 235 g/mol. The van der Waals surface area contributed by atoms with Crippen LogP contribution in [0.25, 0.3) is 0 Å². The molecule has 0 radical (unpaired) electrons. The fourth-order valence-corrected chi connectivity index (χ4v) is 2.69. The van der Waals surface area contributed by atoms with Crippen molar-refractivity contribution in [2.75, 3.05) is 13.1 Å². The molecule has 2 atom stereocenters. The summed E-state index contributed by atoms with van der Waals surface area (Å²) in [5.74, 6) is -0.198. The van der Waals surface area contributed by atoms with Gasteiger partial charge in [-0.25, -0.2) is 0 Å². The maximum absolute atomic E-state index is 12.2. The minimum atomic E-state index is -1.18. The Bertz CT molecular complexity index is 411. The maximum atomic E-state index is 12.2. The molecular weight excluding hydrogens is 218 g/mol. The largest absolute Gasteiger partial charge is 0.379 e. The number of rotatable bonds is 2. The molecule has 0 bridgehead atoms. The molecular formula is C12H17N3O2. The van der Waals surface area contributed by atoms with Gasteiger partial charge in [-0.05, 0) is 31.7 Å². The van der Waals surface area contributed by atoms with Gasteiger partial charge in [-0.2, -0.15) is 5.10 Å². The SMILES string of the molecule is O=C(N1CCCCC1)C1(O)CC1c1ccn[nH]1. The fraction of sp³-hybridized carbons (Fsp3) is 0.667. The van der Waals surface area contributed by atoms with Crippen LogP contribution in [0.1, 0.15) is 37.3 Å². The molecule has 92 valence electrons. The van der Waals surface area contributed by atoms with Crippen molar-refractivity contribution in [3.05, 3.63) is 18.0 Å². The van der Waals surface area contributed by atoms with Crippen LogP contribution >= 0.6 is 0 Å². The first-order valence-corrected chi connectivity index (χ1v) is 6.23. The number of hydrogen-bond donors (Lipinski definition) is 2. The number of aliphatic hydroxyl groups is 1. The van der Waals surface area contributed by atoms with E-state index in [1.807, 2.05) is 6.07 Å². The van der Waals surface area contributed by atoms with Gasteiger partial charge in [0, 0.05) is 30.9 Å². The lowest BCUT2D eigenvalue weighted by atomic mass is 10.1. The second-order valence-electron chi connectivity index (χ2n) is 5.05. The highest BCUT2D eigenvalue weighted by Crippen LogP contribution is 2.51. The third-order valence-electron chi connectivity index (χ3n) is 3.84. The van der Waals surface area contributed by atoms with Crippen molar-refractivity contribution < 1.29 is 9.90 Å². The van der Waals surface area contributed by atoms with Gasteiger partial charge < -0.3 is 10.0 Å². The Labute approximate surface area is 99.8 Å². The molecule has 1 aliphatic carbocycles. The summed E-state index contributed by atoms with van der Waals surface area (Å²) < 4.78 is 0. The Hall–Kier alpha value is -1.36. The molecule has 2 heterocycles. The number of nitrogens with one attached hydrogen (secondary N) is 1. The zero-order chi connectivity index (χ0) is 11.9. The highest BCUT2D eigenvalue weighted by atomic mass is 16.3. The van der Waals surface area contributed by atoms with Gasteiger partial charge in [0.15, 0.2) is 5.60 Å². The molecule has 1 aromatic heterocycles. The quantitative estimate of drug-likeness (QED) is 0.790. The summed E-state index contributed by atoms with van der Waals surface area (Å²) >= 11 is 0. The van der Waals surface area contributed by atoms with Crippen molar-refractivity contribution in [1.82, 2.24) is 15.1 Å². The first-order valence-electron chi connectivity index (χ1n) is 6.23. The van der Waals surface area contributed by atoms with Gasteiger partial charge in [0.25, 0.3) is 5.91 Å². The van der Waals surface area contributed by atoms with Crippen LogP contribution < -0.4 is 0 Å². The van der Waals surface area contributed by atoms with E-state index < -0.39 is 5.60 Å². The highest BCUT2D eigenvalue weighted by Gasteiger charge is 2.61. The molecule has 3 rings (SSSR count). The number of aromatic nitrogens is 2. The Balaban J connectivity index is 1.70. The molecule has 0 spiro atoms. The molecule has 1 saturated heterocycles. The topological polar surface area (TPSA) is 69.2 Å². The molecule has 2 aliphatic rings. The molecule has 5 heteroatoms. The third-order valence-corrected chi connectivity index (χ3v) is 3.84. The maximum Gasteiger partial charge on any atom is 0.255 e. The molecule has 1 saturated carbocycles. The summed E-state index contributed by atoms with van der Waals surface area (Å²) in [6, 6.07) is 1.83. The minimum absolute atomic E-state index is 0.0978. The van der Waals surface area contributed by atoms with Crippen molar-refractivity contribution in [2.45, 2.75) is 37.2 Å². The van der Waals surface area contributed by atoms with E-state index in [4.69, 9.17) is 0 Å². The second kappa shape index (κ2) is 3.84. The number of piperidine rings is 1. The van der Waals surface area contributed by atoms with Crippen molar-refractivity contribution >= 4 is 5.91 Å². The van der Waals surface area contributed by atoms with E-state index in [9.17, 15) is 9.90 Å². The van der Waals surface area contributed by atoms with E-state index in [0.717, 1.165) is 31.6 Å². The number of nitrogens with zero attached hydrogens (tertiary/aromatic N) is 2. The predicted octanol–water partition coefficient (Wildman–Crippen LogP) is 0.641. The molecule has 1 aromatic rings. The number of aromatic amines is 1. The van der Waals surface area contributed by atoms with Crippen LogP contribution in [0.2, 0.25) is 0 Å². The standard InChI is InChI=1S/C12H17N3O2/c16-11(15-6-2-1-3-7-15)12(17)8-9(12)10-4-5-13-14-10/h4-5,9,17H,1-3,6-8H2,(H,13,14). The average molecular weight is 235 g/mol. The smallest absolute Gasteiger partial charge is 0.255 e. The summed E-state index contributed by atoms with van der Waals surface area (Å²) in [6.45, 7) is 1.58. The second-order valence-corrected chi connectivity index (χ2v) is 5.05. The summed E-state index contributed by atoms with van der Waals surface area (Å²) in [5, 5.41) is 17.0. The van der Waals surface area contributed by atoms with Crippen LogP contribution in [-0.4, -0.2) is 44.8 Å². The third kappa shape index (κ3) is 1.74. The van der Waals surface area contributed by atoms with E-state index in [2.05, 4.69) is 10.2 Å². The van der Waals surface area contributed by atoms with E-state index in [1.54, 1.807) is 11.1 Å². The van der Waals surface area contributed by atoms with Gasteiger partial charge in [-0.1, -0.05) is 0 Å². The first kappa shape index (κ1) is 10.8. The van der Waals surface area contributed by atoms with Crippen LogP contribution in [0.3, 0.4) is 0 Å². The average Bonchev–Trinajstić information content (AvgIpc) is 2.81. The van der Waals surface area contributed by atoms with E-state index in [-0.39, 0.29) is 11.8 Å². The number of amides is 1. The van der Waals surface area contributed by atoms with E-state index >= 15 is 0 Å².